The van der Waals surface area contributed by atoms with Crippen molar-refractivity contribution < 1.29 is 17.9 Å². The highest BCUT2D eigenvalue weighted by molar-refractivity contribution is 7.92. The van der Waals surface area contributed by atoms with Crippen molar-refractivity contribution in [3.63, 3.8) is 0 Å². The van der Waals surface area contributed by atoms with Crippen molar-refractivity contribution in [2.45, 2.75) is 32.7 Å². The predicted molar refractivity (Wildman–Crippen MR) is 114 cm³/mol. The van der Waals surface area contributed by atoms with Crippen LogP contribution in [0.4, 0.5) is 5.69 Å². The van der Waals surface area contributed by atoms with Gasteiger partial charge in [-0.15, -0.1) is 0 Å². The van der Waals surface area contributed by atoms with Crippen LogP contribution in [0.2, 0.25) is 0 Å². The molecule has 0 fully saturated rings. The number of hydrazone groups is 1. The van der Waals surface area contributed by atoms with E-state index in [0.717, 1.165) is 28.8 Å². The maximum absolute atomic E-state index is 12.6. The summed E-state index contributed by atoms with van der Waals surface area (Å²) in [6.07, 6.45) is 2.01. The Morgan fingerprint density at radius 1 is 1.17 bits per heavy atom. The third kappa shape index (κ3) is 4.95. The summed E-state index contributed by atoms with van der Waals surface area (Å²) in [4.78, 5) is 12.6. The second-order valence-corrected chi connectivity index (χ2v) is 8.53. The van der Waals surface area contributed by atoms with Gasteiger partial charge in [0.15, 0.2) is 0 Å². The van der Waals surface area contributed by atoms with Crippen molar-refractivity contribution in [2.75, 3.05) is 17.6 Å². The summed E-state index contributed by atoms with van der Waals surface area (Å²) in [5, 5.41) is 6.14. The third-order valence-electron chi connectivity index (χ3n) is 4.57. The van der Waals surface area contributed by atoms with E-state index in [0.29, 0.717) is 25.1 Å². The zero-order valence-corrected chi connectivity index (χ0v) is 17.6. The molecular formula is C21H25N3O4S. The van der Waals surface area contributed by atoms with Gasteiger partial charge in [-0.2, -0.15) is 5.10 Å². The molecule has 0 saturated heterocycles. The zero-order chi connectivity index (χ0) is 21.0. The number of benzene rings is 2. The molecule has 0 unspecified atom stereocenters. The second kappa shape index (κ2) is 8.65. The van der Waals surface area contributed by atoms with E-state index >= 15 is 0 Å². The first-order valence-electron chi connectivity index (χ1n) is 9.52. The van der Waals surface area contributed by atoms with Crippen molar-refractivity contribution >= 4 is 27.3 Å². The number of hydrogen-bond acceptors (Lipinski definition) is 5. The van der Waals surface area contributed by atoms with Gasteiger partial charge in [-0.25, -0.2) is 13.4 Å². The fourth-order valence-electron chi connectivity index (χ4n) is 3.31. The van der Waals surface area contributed by atoms with Gasteiger partial charge < -0.3 is 4.74 Å². The van der Waals surface area contributed by atoms with Gasteiger partial charge in [0.2, 0.25) is 15.9 Å². The summed E-state index contributed by atoms with van der Waals surface area (Å²) < 4.78 is 31.0. The van der Waals surface area contributed by atoms with Gasteiger partial charge in [0, 0.05) is 24.1 Å². The summed E-state index contributed by atoms with van der Waals surface area (Å²) >= 11 is 0. The van der Waals surface area contributed by atoms with Crippen molar-refractivity contribution in [1.82, 2.24) is 5.01 Å². The Morgan fingerprint density at radius 2 is 1.86 bits per heavy atom. The number of ether oxygens (including phenoxy) is 1. The Hall–Kier alpha value is -2.87. The van der Waals surface area contributed by atoms with Crippen molar-refractivity contribution in [1.29, 1.82) is 0 Å². The Kier molecular flexibility index (Phi) is 6.22. The van der Waals surface area contributed by atoms with E-state index in [1.807, 2.05) is 38.1 Å². The number of carbonyl (C=O) groups excluding carboxylic acids is 1. The Balaban J connectivity index is 1.91. The minimum atomic E-state index is -3.33. The molecule has 1 atom stereocenters. The van der Waals surface area contributed by atoms with Gasteiger partial charge in [-0.05, 0) is 30.7 Å². The van der Waals surface area contributed by atoms with Crippen LogP contribution in [0.3, 0.4) is 0 Å². The molecule has 1 heterocycles. The van der Waals surface area contributed by atoms with E-state index in [-0.39, 0.29) is 11.9 Å². The largest absolute Gasteiger partial charge is 0.494 e. The molecule has 3 rings (SSSR count). The molecule has 0 bridgehead atoms. The van der Waals surface area contributed by atoms with Crippen LogP contribution in [0.1, 0.15) is 43.9 Å². The van der Waals surface area contributed by atoms with Gasteiger partial charge in [-0.1, -0.05) is 37.3 Å². The van der Waals surface area contributed by atoms with Gasteiger partial charge >= 0.3 is 0 Å². The highest BCUT2D eigenvalue weighted by Crippen LogP contribution is 2.37. The molecule has 0 spiro atoms. The van der Waals surface area contributed by atoms with E-state index in [2.05, 4.69) is 9.82 Å². The fourth-order valence-corrected chi connectivity index (χ4v) is 3.87. The van der Waals surface area contributed by atoms with E-state index in [9.17, 15) is 13.2 Å². The Labute approximate surface area is 171 Å². The summed E-state index contributed by atoms with van der Waals surface area (Å²) in [6, 6.07) is 14.4. The van der Waals surface area contributed by atoms with Gasteiger partial charge in [-0.3, -0.25) is 9.52 Å². The monoisotopic (exact) mass is 415 g/mol. The number of nitrogens with one attached hydrogen (secondary N) is 1. The number of amides is 1. The number of sulfonamides is 1. The van der Waals surface area contributed by atoms with Gasteiger partial charge in [0.1, 0.15) is 5.75 Å². The summed E-state index contributed by atoms with van der Waals surface area (Å²) in [6.45, 7) is 4.27. The molecule has 7 nitrogen and oxygen atoms in total. The van der Waals surface area contributed by atoms with Crippen LogP contribution >= 0.6 is 0 Å². The maximum Gasteiger partial charge on any atom is 0.242 e. The molecule has 0 saturated carbocycles. The van der Waals surface area contributed by atoms with Crippen LogP contribution in [0, 0.1) is 0 Å². The number of hydrogen-bond donors (Lipinski definition) is 1. The van der Waals surface area contributed by atoms with Crippen molar-refractivity contribution in [3.05, 3.63) is 59.7 Å². The number of anilines is 1. The molecule has 2 aromatic rings. The first-order valence-corrected chi connectivity index (χ1v) is 11.4. The SMILES string of the molecule is CCOc1ccccc1[C@H]1CC(c2ccc(NS(C)(=O)=O)cc2)=NN1C(=O)CC. The van der Waals surface area contributed by atoms with Crippen LogP contribution in [0.15, 0.2) is 53.6 Å². The van der Waals surface area contributed by atoms with Crippen LogP contribution in [-0.4, -0.2) is 37.9 Å². The standard InChI is InChI=1S/C21H25N3O4S/c1-4-21(25)24-19(17-8-6-7-9-20(17)28-5-2)14-18(22-24)15-10-12-16(13-11-15)23-29(3,26)27/h6-13,19,23H,4-5,14H2,1-3H3/t19-/m1/s1. The minimum Gasteiger partial charge on any atom is -0.494 e. The van der Waals surface area contributed by atoms with Crippen molar-refractivity contribution in [3.8, 4) is 5.75 Å². The van der Waals surface area contributed by atoms with Crippen LogP contribution in [-0.2, 0) is 14.8 Å². The lowest BCUT2D eigenvalue weighted by Gasteiger charge is -2.23. The van der Waals surface area contributed by atoms with Crippen LogP contribution < -0.4 is 9.46 Å². The van der Waals surface area contributed by atoms with Crippen LogP contribution in [0.25, 0.3) is 0 Å². The van der Waals surface area contributed by atoms with Gasteiger partial charge in [0.25, 0.3) is 0 Å². The third-order valence-corrected chi connectivity index (χ3v) is 5.17. The summed E-state index contributed by atoms with van der Waals surface area (Å²) in [7, 11) is -3.33. The lowest BCUT2D eigenvalue weighted by molar-refractivity contribution is -0.132. The highest BCUT2D eigenvalue weighted by Gasteiger charge is 2.34. The minimum absolute atomic E-state index is 0.0633. The maximum atomic E-state index is 12.6. The topological polar surface area (TPSA) is 88.1 Å². The molecule has 154 valence electrons. The van der Waals surface area contributed by atoms with E-state index in [1.165, 1.54) is 5.01 Å². The zero-order valence-electron chi connectivity index (χ0n) is 16.8. The molecule has 1 aliphatic heterocycles. The van der Waals surface area contributed by atoms with Gasteiger partial charge in [0.05, 0.1) is 24.6 Å². The fraction of sp³-hybridized carbons (Fsp3) is 0.333. The Morgan fingerprint density at radius 3 is 2.48 bits per heavy atom. The number of nitrogens with zero attached hydrogens (tertiary/aromatic N) is 2. The lowest BCUT2D eigenvalue weighted by atomic mass is 9.97. The molecule has 1 N–H and O–H groups in total. The lowest BCUT2D eigenvalue weighted by Crippen LogP contribution is -2.26. The molecular weight excluding hydrogens is 390 g/mol. The quantitative estimate of drug-likeness (QED) is 0.749. The van der Waals surface area contributed by atoms with Crippen molar-refractivity contribution in [2.24, 2.45) is 5.10 Å². The average molecular weight is 416 g/mol. The molecule has 2 aromatic carbocycles. The molecule has 29 heavy (non-hydrogen) atoms. The van der Waals surface area contributed by atoms with E-state index < -0.39 is 10.0 Å². The highest BCUT2D eigenvalue weighted by atomic mass is 32.2. The molecule has 0 aromatic heterocycles. The molecule has 1 aliphatic rings. The molecule has 0 radical (unpaired) electrons. The van der Waals surface area contributed by atoms with E-state index in [4.69, 9.17) is 4.74 Å². The molecule has 8 heteroatoms. The van der Waals surface area contributed by atoms with E-state index in [1.54, 1.807) is 24.3 Å². The first kappa shape index (κ1) is 20.9. The molecule has 0 aliphatic carbocycles. The second-order valence-electron chi connectivity index (χ2n) is 6.78. The summed E-state index contributed by atoms with van der Waals surface area (Å²) in [5.41, 5.74) is 3.02. The first-order chi connectivity index (χ1) is 13.8. The van der Waals surface area contributed by atoms with Crippen LogP contribution in [0.5, 0.6) is 5.75 Å². The predicted octanol–water partition coefficient (Wildman–Crippen LogP) is 3.54. The smallest absolute Gasteiger partial charge is 0.242 e. The Bertz CT molecular complexity index is 1020. The normalized spacial score (nSPS) is 16.4. The number of rotatable bonds is 7. The molecule has 1 amide bonds. The number of para-hydroxylation sites is 1. The number of carbonyl (C=O) groups is 1. The average Bonchev–Trinajstić information content (AvgIpc) is 3.12. The summed E-state index contributed by atoms with van der Waals surface area (Å²) in [5.74, 6) is 0.685.